The molecule has 0 aliphatic heterocycles. The van der Waals surface area contributed by atoms with E-state index in [4.69, 9.17) is 21.1 Å². The molecule has 0 aliphatic rings. The van der Waals surface area contributed by atoms with Gasteiger partial charge in [0.25, 0.3) is 0 Å². The zero-order chi connectivity index (χ0) is 18.6. The van der Waals surface area contributed by atoms with Crippen molar-refractivity contribution in [1.82, 2.24) is 25.5 Å². The van der Waals surface area contributed by atoms with Crippen molar-refractivity contribution < 1.29 is 14.3 Å². The maximum Gasteiger partial charge on any atom is 0.241 e. The number of unbranched alkanes of at least 4 members (excludes halogenated alkanes) is 1. The summed E-state index contributed by atoms with van der Waals surface area (Å²) >= 11 is 6.04. The van der Waals surface area contributed by atoms with Gasteiger partial charge in [-0.1, -0.05) is 37.1 Å². The van der Waals surface area contributed by atoms with E-state index in [0.717, 1.165) is 25.9 Å². The van der Waals surface area contributed by atoms with Crippen molar-refractivity contribution in [1.29, 1.82) is 0 Å². The summed E-state index contributed by atoms with van der Waals surface area (Å²) in [5.74, 6) is 0.823. The molecule has 1 N–H and O–H groups in total. The number of halogens is 1. The first-order valence-electron chi connectivity index (χ1n) is 8.67. The molecule has 0 aliphatic carbocycles. The molecule has 9 heteroatoms. The van der Waals surface area contributed by atoms with Gasteiger partial charge in [-0.3, -0.25) is 4.79 Å². The predicted molar refractivity (Wildman–Crippen MR) is 97.0 cm³/mol. The number of nitrogens with zero attached hydrogens (tertiary/aromatic N) is 4. The van der Waals surface area contributed by atoms with Crippen LogP contribution in [0, 0.1) is 0 Å². The van der Waals surface area contributed by atoms with Crippen LogP contribution in [0.3, 0.4) is 0 Å². The normalized spacial score (nSPS) is 10.7. The van der Waals surface area contributed by atoms with Gasteiger partial charge in [-0.15, -0.1) is 5.10 Å². The summed E-state index contributed by atoms with van der Waals surface area (Å²) < 4.78 is 12.5. The molecule has 0 bridgehead atoms. The zero-order valence-electron chi connectivity index (χ0n) is 14.9. The maximum absolute atomic E-state index is 12.0. The van der Waals surface area contributed by atoms with Crippen LogP contribution in [0.15, 0.2) is 24.3 Å². The number of carbonyl (C=O) groups excluding carboxylic acids is 1. The number of para-hydroxylation sites is 1. The number of benzene rings is 1. The van der Waals surface area contributed by atoms with E-state index >= 15 is 0 Å². The molecule has 1 aromatic heterocycles. The first-order valence-corrected chi connectivity index (χ1v) is 9.05. The highest BCUT2D eigenvalue weighted by molar-refractivity contribution is 6.32. The van der Waals surface area contributed by atoms with E-state index in [0.29, 0.717) is 29.7 Å². The van der Waals surface area contributed by atoms with Gasteiger partial charge in [-0.2, -0.15) is 0 Å². The third-order valence-electron chi connectivity index (χ3n) is 3.52. The van der Waals surface area contributed by atoms with Crippen LogP contribution >= 0.6 is 11.6 Å². The lowest BCUT2D eigenvalue weighted by atomic mass is 10.3. The molecule has 1 heterocycles. The van der Waals surface area contributed by atoms with Crippen LogP contribution in [0.1, 0.15) is 32.0 Å². The third kappa shape index (κ3) is 6.97. The smallest absolute Gasteiger partial charge is 0.241 e. The Morgan fingerprint density at radius 1 is 1.27 bits per heavy atom. The summed E-state index contributed by atoms with van der Waals surface area (Å²) in [6.45, 7) is 4.24. The number of rotatable bonds is 12. The number of hydrogen-bond acceptors (Lipinski definition) is 6. The molecule has 0 atom stereocenters. The molecule has 1 amide bonds. The van der Waals surface area contributed by atoms with E-state index in [-0.39, 0.29) is 19.1 Å². The van der Waals surface area contributed by atoms with Gasteiger partial charge in [0.15, 0.2) is 5.82 Å². The highest BCUT2D eigenvalue weighted by atomic mass is 35.5. The second kappa shape index (κ2) is 11.4. The van der Waals surface area contributed by atoms with Crippen molar-refractivity contribution >= 4 is 17.5 Å². The van der Waals surface area contributed by atoms with Gasteiger partial charge >= 0.3 is 0 Å². The highest BCUT2D eigenvalue weighted by Gasteiger charge is 2.11. The number of aromatic nitrogens is 4. The first kappa shape index (κ1) is 20.1. The molecule has 2 rings (SSSR count). The summed E-state index contributed by atoms with van der Waals surface area (Å²) in [4.78, 5) is 12.0. The molecule has 0 spiro atoms. The number of carbonyl (C=O) groups is 1. The van der Waals surface area contributed by atoms with Gasteiger partial charge in [-0.05, 0) is 35.4 Å². The molecular weight excluding hydrogens is 358 g/mol. The average molecular weight is 382 g/mol. The second-order valence-corrected chi connectivity index (χ2v) is 6.05. The molecule has 142 valence electrons. The Kier molecular flexibility index (Phi) is 8.85. The van der Waals surface area contributed by atoms with Gasteiger partial charge in [0, 0.05) is 19.8 Å². The Hall–Kier alpha value is -2.19. The van der Waals surface area contributed by atoms with Crippen LogP contribution in [0.4, 0.5) is 0 Å². The first-order chi connectivity index (χ1) is 12.7. The van der Waals surface area contributed by atoms with Crippen molar-refractivity contribution in [3.05, 3.63) is 35.1 Å². The lowest BCUT2D eigenvalue weighted by Crippen LogP contribution is -2.30. The lowest BCUT2D eigenvalue weighted by molar-refractivity contribution is -0.121. The molecule has 0 saturated carbocycles. The molecule has 2 aromatic rings. The predicted octanol–water partition coefficient (Wildman–Crippen LogP) is 2.23. The molecule has 26 heavy (non-hydrogen) atoms. The standard InChI is InChI=1S/C17H24ClN5O3/c1-2-3-10-25-11-6-9-19-17(24)12-23-16(20-21-22-23)13-26-15-8-5-4-7-14(15)18/h4-5,7-8H,2-3,6,9-13H2,1H3,(H,19,24). The number of ether oxygens (including phenoxy) is 2. The van der Waals surface area contributed by atoms with Crippen LogP contribution in [0.25, 0.3) is 0 Å². The summed E-state index contributed by atoms with van der Waals surface area (Å²) in [5, 5.41) is 14.6. The number of hydrogen-bond donors (Lipinski definition) is 1. The molecule has 0 fully saturated rings. The van der Waals surface area contributed by atoms with E-state index in [9.17, 15) is 4.79 Å². The maximum atomic E-state index is 12.0. The fourth-order valence-electron chi connectivity index (χ4n) is 2.10. The number of tetrazole rings is 1. The van der Waals surface area contributed by atoms with E-state index in [2.05, 4.69) is 27.8 Å². The van der Waals surface area contributed by atoms with Gasteiger partial charge in [-0.25, -0.2) is 4.68 Å². The van der Waals surface area contributed by atoms with E-state index < -0.39 is 0 Å². The number of nitrogens with one attached hydrogen (secondary N) is 1. The Bertz CT molecular complexity index is 680. The average Bonchev–Trinajstić information content (AvgIpc) is 3.07. The lowest BCUT2D eigenvalue weighted by Gasteiger charge is -2.09. The minimum Gasteiger partial charge on any atom is -0.484 e. The van der Waals surface area contributed by atoms with Gasteiger partial charge < -0.3 is 14.8 Å². The monoisotopic (exact) mass is 381 g/mol. The summed E-state index contributed by atoms with van der Waals surface area (Å²) in [6.07, 6.45) is 2.95. The fourth-order valence-corrected chi connectivity index (χ4v) is 2.29. The van der Waals surface area contributed by atoms with Crippen molar-refractivity contribution in [3.63, 3.8) is 0 Å². The Morgan fingerprint density at radius 2 is 2.08 bits per heavy atom. The summed E-state index contributed by atoms with van der Waals surface area (Å²) in [7, 11) is 0. The molecule has 1 aromatic carbocycles. The van der Waals surface area contributed by atoms with E-state index in [1.54, 1.807) is 12.1 Å². The minimum absolute atomic E-state index is 0.0326. The topological polar surface area (TPSA) is 91.2 Å². The zero-order valence-corrected chi connectivity index (χ0v) is 15.6. The van der Waals surface area contributed by atoms with Crippen LogP contribution in [0.2, 0.25) is 5.02 Å². The largest absolute Gasteiger partial charge is 0.484 e. The summed E-state index contributed by atoms with van der Waals surface area (Å²) in [5.41, 5.74) is 0. The van der Waals surface area contributed by atoms with Crippen LogP contribution in [-0.2, 0) is 22.7 Å². The molecule has 0 saturated heterocycles. The van der Waals surface area contributed by atoms with Gasteiger partial charge in [0.2, 0.25) is 5.91 Å². The second-order valence-electron chi connectivity index (χ2n) is 5.64. The van der Waals surface area contributed by atoms with Gasteiger partial charge in [0.1, 0.15) is 18.9 Å². The van der Waals surface area contributed by atoms with E-state index in [1.165, 1.54) is 4.68 Å². The van der Waals surface area contributed by atoms with Crippen molar-refractivity contribution in [3.8, 4) is 5.75 Å². The van der Waals surface area contributed by atoms with Crippen LogP contribution in [0.5, 0.6) is 5.75 Å². The molecule has 8 nitrogen and oxygen atoms in total. The molecule has 0 radical (unpaired) electrons. The Labute approximate surface area is 157 Å². The quantitative estimate of drug-likeness (QED) is 0.567. The molecular formula is C17H24ClN5O3. The molecule has 0 unspecified atom stereocenters. The fraction of sp³-hybridized carbons (Fsp3) is 0.529. The van der Waals surface area contributed by atoms with Crippen LogP contribution in [-0.4, -0.2) is 45.9 Å². The minimum atomic E-state index is -0.162. The van der Waals surface area contributed by atoms with Gasteiger partial charge in [0.05, 0.1) is 5.02 Å². The van der Waals surface area contributed by atoms with Crippen LogP contribution < -0.4 is 10.1 Å². The summed E-state index contributed by atoms with van der Waals surface area (Å²) in [6, 6.07) is 7.13. The van der Waals surface area contributed by atoms with Crippen molar-refractivity contribution in [2.45, 2.75) is 39.3 Å². The highest BCUT2D eigenvalue weighted by Crippen LogP contribution is 2.23. The van der Waals surface area contributed by atoms with E-state index in [1.807, 2.05) is 12.1 Å². The third-order valence-corrected chi connectivity index (χ3v) is 3.83. The SMILES string of the molecule is CCCCOCCCNC(=O)Cn1nnnc1COc1ccccc1Cl. The Morgan fingerprint density at radius 3 is 2.88 bits per heavy atom. The Balaban J connectivity index is 1.70. The van der Waals surface area contributed by atoms with Crippen molar-refractivity contribution in [2.24, 2.45) is 0 Å². The van der Waals surface area contributed by atoms with Crippen molar-refractivity contribution in [2.75, 3.05) is 19.8 Å². The number of amides is 1.